The number of nitrogens with zero attached hydrogens (tertiary/aromatic N) is 4. The van der Waals surface area contributed by atoms with Gasteiger partial charge in [-0.25, -0.2) is 4.98 Å². The lowest BCUT2D eigenvalue weighted by Gasteiger charge is -2.35. The summed E-state index contributed by atoms with van der Waals surface area (Å²) in [4.78, 5) is 20.9. The van der Waals surface area contributed by atoms with E-state index in [9.17, 15) is 4.79 Å². The number of carbonyl (C=O) groups is 1. The van der Waals surface area contributed by atoms with Gasteiger partial charge in [-0.2, -0.15) is 0 Å². The van der Waals surface area contributed by atoms with Crippen LogP contribution in [0.15, 0.2) is 36.7 Å². The number of hydrogen-bond acceptors (Lipinski definition) is 4. The first kappa shape index (κ1) is 21.1. The maximum absolute atomic E-state index is 12.1. The van der Waals surface area contributed by atoms with Crippen LogP contribution >= 0.6 is 0 Å². The minimum Gasteiger partial charge on any atom is -0.375 e. The molecule has 30 heavy (non-hydrogen) atoms. The average molecular weight is 411 g/mol. The Morgan fingerprint density at radius 2 is 1.90 bits per heavy atom. The van der Waals surface area contributed by atoms with E-state index >= 15 is 0 Å². The van der Waals surface area contributed by atoms with Crippen LogP contribution in [-0.2, 0) is 14.9 Å². The third-order valence-electron chi connectivity index (χ3n) is 6.44. The summed E-state index contributed by atoms with van der Waals surface area (Å²) in [6.45, 7) is 9.21. The molecule has 0 spiro atoms. The Morgan fingerprint density at radius 1 is 1.17 bits per heavy atom. The number of fused-ring (bicyclic) bond motifs is 1. The van der Waals surface area contributed by atoms with Gasteiger partial charge in [0.2, 0.25) is 5.91 Å². The molecule has 0 saturated carbocycles. The van der Waals surface area contributed by atoms with Crippen molar-refractivity contribution in [3.05, 3.63) is 42.2 Å². The largest absolute Gasteiger partial charge is 0.375 e. The summed E-state index contributed by atoms with van der Waals surface area (Å²) in [5, 5.41) is 0. The molecule has 4 rings (SSSR count). The van der Waals surface area contributed by atoms with Crippen LogP contribution in [0.25, 0.3) is 11.4 Å². The predicted molar refractivity (Wildman–Crippen MR) is 118 cm³/mol. The molecule has 2 aliphatic heterocycles. The Hall–Kier alpha value is -2.18. The molecular weight excluding hydrogens is 376 g/mol. The quantitative estimate of drug-likeness (QED) is 0.776. The third kappa shape index (κ3) is 4.30. The normalized spacial score (nSPS) is 24.6. The molecule has 3 heterocycles. The molecule has 2 aromatic rings. The molecule has 1 amide bonds. The van der Waals surface area contributed by atoms with Gasteiger partial charge in [-0.1, -0.05) is 45.0 Å². The lowest BCUT2D eigenvalue weighted by molar-refractivity contribution is -0.134. The van der Waals surface area contributed by atoms with Gasteiger partial charge in [0.25, 0.3) is 0 Å². The van der Waals surface area contributed by atoms with Crippen molar-refractivity contribution in [3.63, 3.8) is 0 Å². The second-order valence-corrected chi connectivity index (χ2v) is 9.93. The Balaban J connectivity index is 1.46. The molecule has 3 atom stereocenters. The zero-order chi connectivity index (χ0) is 21.5. The van der Waals surface area contributed by atoms with Crippen LogP contribution < -0.4 is 0 Å². The highest BCUT2D eigenvalue weighted by atomic mass is 16.5. The number of morpholine rings is 1. The highest BCUT2D eigenvalue weighted by Crippen LogP contribution is 2.34. The fourth-order valence-electron chi connectivity index (χ4n) is 4.57. The molecule has 2 saturated heterocycles. The highest BCUT2D eigenvalue weighted by molar-refractivity contribution is 5.76. The summed E-state index contributed by atoms with van der Waals surface area (Å²) >= 11 is 0. The minimum absolute atomic E-state index is 0.0119. The molecule has 2 aliphatic rings. The van der Waals surface area contributed by atoms with Crippen LogP contribution in [0.5, 0.6) is 0 Å². The summed E-state index contributed by atoms with van der Waals surface area (Å²) in [6, 6.07) is 9.60. The van der Waals surface area contributed by atoms with Gasteiger partial charge in [0.1, 0.15) is 5.82 Å². The molecule has 162 valence electrons. The fourth-order valence-corrected chi connectivity index (χ4v) is 4.57. The van der Waals surface area contributed by atoms with Crippen LogP contribution in [0.3, 0.4) is 0 Å². The Morgan fingerprint density at radius 3 is 2.57 bits per heavy atom. The van der Waals surface area contributed by atoms with Gasteiger partial charge >= 0.3 is 0 Å². The average Bonchev–Trinajstić information content (AvgIpc) is 3.33. The first-order valence-electron chi connectivity index (χ1n) is 10.9. The summed E-state index contributed by atoms with van der Waals surface area (Å²) in [6.07, 6.45) is 5.50. The number of carbonyl (C=O) groups excluding carboxylic acids is 1. The van der Waals surface area contributed by atoms with E-state index in [-0.39, 0.29) is 17.4 Å². The third-order valence-corrected chi connectivity index (χ3v) is 6.44. The van der Waals surface area contributed by atoms with Crippen molar-refractivity contribution >= 4 is 5.91 Å². The molecule has 2 fully saturated rings. The number of amides is 1. The SMILES string of the molecule is CN(C)C(=O)C[C@H]1CN2C[C@H](n3ccnc3-c3ccc(C(C)(C)C)cc3)C[C@H]2CO1. The second-order valence-electron chi connectivity index (χ2n) is 9.93. The molecule has 0 unspecified atom stereocenters. The highest BCUT2D eigenvalue weighted by Gasteiger charge is 2.39. The second kappa shape index (κ2) is 8.16. The van der Waals surface area contributed by atoms with E-state index in [1.807, 2.05) is 6.20 Å². The van der Waals surface area contributed by atoms with Gasteiger partial charge in [-0.05, 0) is 17.4 Å². The topological polar surface area (TPSA) is 50.6 Å². The number of ether oxygens (including phenoxy) is 1. The molecule has 1 aromatic heterocycles. The van der Waals surface area contributed by atoms with Crippen molar-refractivity contribution in [1.29, 1.82) is 0 Å². The fraction of sp³-hybridized carbons (Fsp3) is 0.583. The summed E-state index contributed by atoms with van der Waals surface area (Å²) in [7, 11) is 3.60. The lowest BCUT2D eigenvalue weighted by atomic mass is 9.86. The summed E-state index contributed by atoms with van der Waals surface area (Å²) in [5.41, 5.74) is 2.63. The molecule has 6 nitrogen and oxygen atoms in total. The van der Waals surface area contributed by atoms with E-state index in [0.29, 0.717) is 25.1 Å². The van der Waals surface area contributed by atoms with Gasteiger partial charge in [-0.3, -0.25) is 9.69 Å². The zero-order valence-electron chi connectivity index (χ0n) is 18.8. The molecule has 1 aromatic carbocycles. The monoisotopic (exact) mass is 410 g/mol. The van der Waals surface area contributed by atoms with E-state index in [1.54, 1.807) is 19.0 Å². The maximum Gasteiger partial charge on any atom is 0.224 e. The van der Waals surface area contributed by atoms with E-state index < -0.39 is 0 Å². The standard InChI is InChI=1S/C24H34N4O2/c1-24(2,3)18-8-6-17(7-9-18)23-25-10-11-28(23)19-12-20-16-30-21(15-27(20)14-19)13-22(29)26(4)5/h6-11,19-21H,12-16H2,1-5H3/t19-,20+,21+/m1/s1. The number of aromatic nitrogens is 2. The van der Waals surface area contributed by atoms with E-state index in [4.69, 9.17) is 4.74 Å². The number of benzene rings is 1. The van der Waals surface area contributed by atoms with E-state index in [0.717, 1.165) is 30.9 Å². The predicted octanol–water partition coefficient (Wildman–Crippen LogP) is 3.34. The molecule has 0 N–H and O–H groups in total. The first-order chi connectivity index (χ1) is 14.2. The van der Waals surface area contributed by atoms with Crippen molar-refractivity contribution in [2.24, 2.45) is 0 Å². The van der Waals surface area contributed by atoms with Crippen molar-refractivity contribution in [2.75, 3.05) is 33.8 Å². The van der Waals surface area contributed by atoms with Crippen molar-refractivity contribution in [2.45, 2.75) is 57.2 Å². The van der Waals surface area contributed by atoms with Crippen LogP contribution in [0, 0.1) is 0 Å². The molecule has 0 radical (unpaired) electrons. The van der Waals surface area contributed by atoms with Crippen molar-refractivity contribution in [3.8, 4) is 11.4 Å². The van der Waals surface area contributed by atoms with Crippen molar-refractivity contribution < 1.29 is 9.53 Å². The Kier molecular flexibility index (Phi) is 5.73. The smallest absolute Gasteiger partial charge is 0.224 e. The van der Waals surface area contributed by atoms with E-state index in [1.165, 1.54) is 5.56 Å². The van der Waals surface area contributed by atoms with Gasteiger partial charge in [-0.15, -0.1) is 0 Å². The lowest BCUT2D eigenvalue weighted by Crippen LogP contribution is -2.47. The number of hydrogen-bond donors (Lipinski definition) is 0. The van der Waals surface area contributed by atoms with Gasteiger partial charge in [0, 0.05) is 57.2 Å². The molecule has 0 bridgehead atoms. The first-order valence-corrected chi connectivity index (χ1v) is 10.9. The van der Waals surface area contributed by atoms with E-state index in [2.05, 4.69) is 65.7 Å². The Labute approximate surface area is 179 Å². The van der Waals surface area contributed by atoms with Gasteiger partial charge in [0.05, 0.1) is 19.1 Å². The molecule has 6 heteroatoms. The number of rotatable bonds is 4. The Bertz CT molecular complexity index is 881. The summed E-state index contributed by atoms with van der Waals surface area (Å²) < 4.78 is 8.35. The van der Waals surface area contributed by atoms with Crippen molar-refractivity contribution in [1.82, 2.24) is 19.4 Å². The van der Waals surface area contributed by atoms with Gasteiger partial charge in [0.15, 0.2) is 0 Å². The van der Waals surface area contributed by atoms with Crippen LogP contribution in [0.2, 0.25) is 0 Å². The number of imidazole rings is 1. The van der Waals surface area contributed by atoms with Gasteiger partial charge < -0.3 is 14.2 Å². The maximum atomic E-state index is 12.1. The zero-order valence-corrected chi connectivity index (χ0v) is 18.8. The minimum atomic E-state index is -0.0119. The molecular formula is C24H34N4O2. The van der Waals surface area contributed by atoms with Crippen LogP contribution in [0.1, 0.15) is 45.2 Å². The summed E-state index contributed by atoms with van der Waals surface area (Å²) in [5.74, 6) is 1.16. The van der Waals surface area contributed by atoms with Crippen LogP contribution in [0.4, 0.5) is 0 Å². The molecule has 0 aliphatic carbocycles. The van der Waals surface area contributed by atoms with Crippen LogP contribution in [-0.4, -0.2) is 71.2 Å².